The molecular weight excluding hydrogens is 318 g/mol. The quantitative estimate of drug-likeness (QED) is 0.683. The van der Waals surface area contributed by atoms with Crippen LogP contribution in [0.1, 0.15) is 12.5 Å². The van der Waals surface area contributed by atoms with Gasteiger partial charge in [0, 0.05) is 5.02 Å². The maximum atomic E-state index is 12.2. The molecule has 1 saturated heterocycles. The van der Waals surface area contributed by atoms with E-state index in [4.69, 9.17) is 28.9 Å². The fourth-order valence-electron chi connectivity index (χ4n) is 1.63. The van der Waals surface area contributed by atoms with Crippen molar-refractivity contribution in [1.29, 1.82) is 0 Å². The summed E-state index contributed by atoms with van der Waals surface area (Å²) >= 11 is 12.0. The summed E-state index contributed by atoms with van der Waals surface area (Å²) in [6, 6.07) is 6.01. The van der Waals surface area contributed by atoms with E-state index in [1.54, 1.807) is 30.3 Å². The molecule has 1 atom stereocenters. The van der Waals surface area contributed by atoms with E-state index in [0.717, 1.165) is 22.2 Å². The second-order valence-electron chi connectivity index (χ2n) is 4.12. The number of hydrogen-bond donors (Lipinski definition) is 1. The van der Waals surface area contributed by atoms with E-state index in [1.807, 2.05) is 0 Å². The Labute approximate surface area is 130 Å². The maximum Gasteiger partial charge on any atom is 0.326 e. The zero-order valence-electron chi connectivity index (χ0n) is 10.4. The molecule has 7 heteroatoms. The summed E-state index contributed by atoms with van der Waals surface area (Å²) in [6.45, 7) is 1.43. The first-order valence-electron chi connectivity index (χ1n) is 5.65. The van der Waals surface area contributed by atoms with Crippen LogP contribution in [0.25, 0.3) is 6.08 Å². The van der Waals surface area contributed by atoms with E-state index in [0.29, 0.717) is 9.93 Å². The number of hydrogen-bond acceptors (Lipinski definition) is 4. The first-order valence-corrected chi connectivity index (χ1v) is 7.26. The number of amides is 1. The first kappa shape index (κ1) is 15.0. The zero-order chi connectivity index (χ0) is 14.9. The molecular formula is C13H10ClNO3S2. The highest BCUT2D eigenvalue weighted by Gasteiger charge is 2.38. The van der Waals surface area contributed by atoms with Crippen LogP contribution in [0.3, 0.4) is 0 Å². The lowest BCUT2D eigenvalue weighted by molar-refractivity contribution is -0.144. The van der Waals surface area contributed by atoms with Crippen molar-refractivity contribution in [2.45, 2.75) is 13.0 Å². The number of thiocarbonyl (C=S) groups is 1. The number of carbonyl (C=O) groups excluding carboxylic acids is 1. The molecule has 2 rings (SSSR count). The number of thioether (sulfide) groups is 1. The fourth-order valence-corrected chi connectivity index (χ4v) is 3.18. The Morgan fingerprint density at radius 2 is 2.05 bits per heavy atom. The number of benzene rings is 1. The van der Waals surface area contributed by atoms with Gasteiger partial charge in [0.2, 0.25) is 0 Å². The highest BCUT2D eigenvalue weighted by atomic mass is 35.5. The molecule has 1 heterocycles. The molecule has 1 aliphatic rings. The molecule has 1 amide bonds. The smallest absolute Gasteiger partial charge is 0.326 e. The van der Waals surface area contributed by atoms with E-state index < -0.39 is 12.0 Å². The van der Waals surface area contributed by atoms with Crippen molar-refractivity contribution in [2.75, 3.05) is 0 Å². The summed E-state index contributed by atoms with van der Waals surface area (Å²) in [5, 5.41) is 9.59. The van der Waals surface area contributed by atoms with Crippen LogP contribution in [0.2, 0.25) is 5.02 Å². The van der Waals surface area contributed by atoms with Gasteiger partial charge in [0.05, 0.1) is 4.91 Å². The van der Waals surface area contributed by atoms with Gasteiger partial charge in [-0.15, -0.1) is 0 Å². The Morgan fingerprint density at radius 3 is 2.60 bits per heavy atom. The molecule has 1 unspecified atom stereocenters. The zero-order valence-corrected chi connectivity index (χ0v) is 12.8. The van der Waals surface area contributed by atoms with Crippen LogP contribution in [0, 0.1) is 0 Å². The highest BCUT2D eigenvalue weighted by Crippen LogP contribution is 2.34. The molecule has 1 aliphatic heterocycles. The normalized spacial score (nSPS) is 18.7. The van der Waals surface area contributed by atoms with Crippen LogP contribution in [0.15, 0.2) is 29.2 Å². The summed E-state index contributed by atoms with van der Waals surface area (Å²) in [7, 11) is 0. The lowest BCUT2D eigenvalue weighted by Gasteiger charge is -2.18. The summed E-state index contributed by atoms with van der Waals surface area (Å²) < 4.78 is 0.255. The molecule has 1 aromatic rings. The Morgan fingerprint density at radius 1 is 1.45 bits per heavy atom. The largest absolute Gasteiger partial charge is 0.480 e. The molecule has 0 spiro atoms. The molecule has 0 aliphatic carbocycles. The molecule has 1 N–H and O–H groups in total. The van der Waals surface area contributed by atoms with Crippen molar-refractivity contribution in [1.82, 2.24) is 4.90 Å². The van der Waals surface area contributed by atoms with Crippen molar-refractivity contribution in [3.63, 3.8) is 0 Å². The van der Waals surface area contributed by atoms with Crippen molar-refractivity contribution in [2.24, 2.45) is 0 Å². The third kappa shape index (κ3) is 3.03. The van der Waals surface area contributed by atoms with Gasteiger partial charge in [-0.1, -0.05) is 47.7 Å². The van der Waals surface area contributed by atoms with E-state index >= 15 is 0 Å². The van der Waals surface area contributed by atoms with Crippen LogP contribution in [-0.4, -0.2) is 32.2 Å². The topological polar surface area (TPSA) is 57.6 Å². The third-order valence-electron chi connectivity index (χ3n) is 2.74. The fraction of sp³-hybridized carbons (Fsp3) is 0.154. The van der Waals surface area contributed by atoms with Gasteiger partial charge >= 0.3 is 5.97 Å². The Kier molecular flexibility index (Phi) is 4.47. The molecule has 0 bridgehead atoms. The molecule has 104 valence electrons. The average Bonchev–Trinajstić information content (AvgIpc) is 2.66. The first-order chi connectivity index (χ1) is 9.40. The van der Waals surface area contributed by atoms with E-state index in [-0.39, 0.29) is 10.2 Å². The number of carboxylic acids is 1. The predicted molar refractivity (Wildman–Crippen MR) is 83.6 cm³/mol. The molecule has 0 saturated carbocycles. The number of nitrogens with zero attached hydrogens (tertiary/aromatic N) is 1. The van der Waals surface area contributed by atoms with Gasteiger partial charge in [-0.25, -0.2) is 4.79 Å². The Hall–Kier alpha value is -1.37. The highest BCUT2D eigenvalue weighted by molar-refractivity contribution is 8.26. The minimum absolute atomic E-state index is 0.255. The summed E-state index contributed by atoms with van der Waals surface area (Å²) in [4.78, 5) is 24.7. The number of carbonyl (C=O) groups is 2. The molecule has 0 radical (unpaired) electrons. The Balaban J connectivity index is 2.28. The van der Waals surface area contributed by atoms with Gasteiger partial charge in [-0.2, -0.15) is 0 Å². The summed E-state index contributed by atoms with van der Waals surface area (Å²) in [6.07, 6.45) is 1.67. The number of aliphatic carboxylic acids is 1. The third-order valence-corrected chi connectivity index (χ3v) is 4.32. The monoisotopic (exact) mass is 327 g/mol. The van der Waals surface area contributed by atoms with E-state index in [1.165, 1.54) is 6.92 Å². The van der Waals surface area contributed by atoms with Gasteiger partial charge < -0.3 is 5.11 Å². The summed E-state index contributed by atoms with van der Waals surface area (Å²) in [5.74, 6) is -1.47. The van der Waals surface area contributed by atoms with E-state index in [2.05, 4.69) is 0 Å². The molecule has 0 aromatic heterocycles. The molecule has 1 fully saturated rings. The van der Waals surface area contributed by atoms with Crippen molar-refractivity contribution in [3.05, 3.63) is 39.8 Å². The van der Waals surface area contributed by atoms with Crippen LogP contribution in [-0.2, 0) is 9.59 Å². The maximum absolute atomic E-state index is 12.2. The van der Waals surface area contributed by atoms with Gasteiger partial charge in [0.15, 0.2) is 0 Å². The second kappa shape index (κ2) is 5.95. The van der Waals surface area contributed by atoms with Crippen molar-refractivity contribution in [3.8, 4) is 0 Å². The SMILES string of the molecule is CC(C(=O)O)N1C(=O)/C(=C\c2ccc(Cl)cc2)SC1=S. The van der Waals surface area contributed by atoms with Crippen molar-refractivity contribution < 1.29 is 14.7 Å². The van der Waals surface area contributed by atoms with Crippen LogP contribution < -0.4 is 0 Å². The van der Waals surface area contributed by atoms with E-state index in [9.17, 15) is 9.59 Å². The van der Waals surface area contributed by atoms with Crippen LogP contribution in [0.5, 0.6) is 0 Å². The van der Waals surface area contributed by atoms with Crippen molar-refractivity contribution >= 4 is 57.9 Å². The predicted octanol–water partition coefficient (Wildman–Crippen LogP) is 3.01. The minimum atomic E-state index is -1.09. The number of carboxylic acid groups (broad SMARTS) is 1. The minimum Gasteiger partial charge on any atom is -0.480 e. The molecule has 20 heavy (non-hydrogen) atoms. The Bertz CT molecular complexity index is 613. The molecule has 1 aromatic carbocycles. The van der Waals surface area contributed by atoms with Crippen LogP contribution >= 0.6 is 35.6 Å². The second-order valence-corrected chi connectivity index (χ2v) is 6.23. The average molecular weight is 328 g/mol. The van der Waals surface area contributed by atoms with Gasteiger partial charge in [-0.05, 0) is 30.7 Å². The van der Waals surface area contributed by atoms with Gasteiger partial charge in [0.1, 0.15) is 10.4 Å². The standard InChI is InChI=1S/C13H10ClNO3S2/c1-7(12(17)18)15-11(16)10(20-13(15)19)6-8-2-4-9(14)5-3-8/h2-7H,1H3,(H,17,18)/b10-6+. The van der Waals surface area contributed by atoms with Crippen LogP contribution in [0.4, 0.5) is 0 Å². The number of rotatable bonds is 3. The lowest BCUT2D eigenvalue weighted by Crippen LogP contribution is -2.41. The van der Waals surface area contributed by atoms with Gasteiger partial charge in [-0.3, -0.25) is 9.69 Å². The summed E-state index contributed by atoms with van der Waals surface area (Å²) in [5.41, 5.74) is 0.804. The van der Waals surface area contributed by atoms with Gasteiger partial charge in [0.25, 0.3) is 5.91 Å². The number of halogens is 1. The lowest BCUT2D eigenvalue weighted by atomic mass is 10.2. The molecule has 4 nitrogen and oxygen atoms in total.